The molecule has 1 aliphatic rings. The van der Waals surface area contributed by atoms with Crippen LogP contribution in [0.25, 0.3) is 12.2 Å². The third-order valence-electron chi connectivity index (χ3n) is 3.31. The number of pyridine rings is 2. The van der Waals surface area contributed by atoms with Crippen LogP contribution in [0.15, 0.2) is 24.5 Å². The third-order valence-corrected chi connectivity index (χ3v) is 3.52. The van der Waals surface area contributed by atoms with E-state index in [0.717, 1.165) is 34.5 Å². The van der Waals surface area contributed by atoms with Crippen molar-refractivity contribution in [2.24, 2.45) is 0 Å². The van der Waals surface area contributed by atoms with Crippen molar-refractivity contribution in [1.82, 2.24) is 9.97 Å². The third kappa shape index (κ3) is 2.15. The molecule has 0 saturated heterocycles. The fourth-order valence-corrected chi connectivity index (χ4v) is 2.42. The largest absolute Gasteiger partial charge is 0.384 e. The summed E-state index contributed by atoms with van der Waals surface area (Å²) in [4.78, 5) is 8.61. The van der Waals surface area contributed by atoms with Gasteiger partial charge in [-0.05, 0) is 35.8 Å². The fourth-order valence-electron chi connectivity index (χ4n) is 2.26. The normalized spacial score (nSPS) is 16.7. The second-order valence-corrected chi connectivity index (χ2v) is 4.96. The van der Waals surface area contributed by atoms with E-state index in [2.05, 4.69) is 9.97 Å². The fraction of sp³-hybridized carbons (Fsp3) is 0.200. The second kappa shape index (κ2) is 4.76. The quantitative estimate of drug-likeness (QED) is 0.867. The van der Waals surface area contributed by atoms with Crippen LogP contribution in [0.5, 0.6) is 0 Å². The monoisotopic (exact) mass is 272 g/mol. The molecule has 4 heteroatoms. The van der Waals surface area contributed by atoms with Gasteiger partial charge < -0.3 is 5.11 Å². The molecule has 0 aliphatic heterocycles. The van der Waals surface area contributed by atoms with E-state index in [4.69, 9.17) is 11.6 Å². The molecule has 19 heavy (non-hydrogen) atoms. The predicted molar refractivity (Wildman–Crippen MR) is 75.9 cm³/mol. The summed E-state index contributed by atoms with van der Waals surface area (Å²) in [6.07, 6.45) is 7.31. The van der Waals surface area contributed by atoms with Gasteiger partial charge in [0.2, 0.25) is 0 Å². The minimum atomic E-state index is -0.723. The van der Waals surface area contributed by atoms with E-state index in [-0.39, 0.29) is 0 Å². The number of fused-ring (bicyclic) bond motifs is 2. The highest BCUT2D eigenvalue weighted by Crippen LogP contribution is 2.33. The maximum Gasteiger partial charge on any atom is 0.107 e. The van der Waals surface area contributed by atoms with Crippen LogP contribution in [0.3, 0.4) is 0 Å². The standard InChI is InChI=1S/C15H13ClN2O/c1-2-11-6-12-9(7-17-11)3-4-14-13(15(12)19)5-10(16)8-18-14/h3-8,15,19H,2H2,1H3. The molecule has 0 spiro atoms. The number of halogens is 1. The molecular formula is C15H13ClN2O. The van der Waals surface area contributed by atoms with E-state index < -0.39 is 6.10 Å². The van der Waals surface area contributed by atoms with Crippen LogP contribution < -0.4 is 0 Å². The van der Waals surface area contributed by atoms with Crippen molar-refractivity contribution < 1.29 is 5.11 Å². The Morgan fingerprint density at radius 3 is 2.79 bits per heavy atom. The Balaban J connectivity index is 2.20. The van der Waals surface area contributed by atoms with Gasteiger partial charge >= 0.3 is 0 Å². The van der Waals surface area contributed by atoms with Gasteiger partial charge in [-0.3, -0.25) is 9.97 Å². The van der Waals surface area contributed by atoms with Gasteiger partial charge in [-0.1, -0.05) is 24.6 Å². The minimum absolute atomic E-state index is 0.527. The van der Waals surface area contributed by atoms with Crippen LogP contribution in [0.4, 0.5) is 0 Å². The molecule has 3 nitrogen and oxygen atoms in total. The Bertz CT molecular complexity index is 667. The molecule has 3 rings (SSSR count). The van der Waals surface area contributed by atoms with Gasteiger partial charge in [0.05, 0.1) is 10.7 Å². The summed E-state index contributed by atoms with van der Waals surface area (Å²) in [5, 5.41) is 11.1. The number of aliphatic hydroxyl groups is 1. The van der Waals surface area contributed by atoms with Crippen LogP contribution >= 0.6 is 11.6 Å². The maximum absolute atomic E-state index is 10.6. The van der Waals surface area contributed by atoms with Gasteiger partial charge in [-0.15, -0.1) is 0 Å². The van der Waals surface area contributed by atoms with Gasteiger partial charge in [0.15, 0.2) is 0 Å². The Labute approximate surface area is 116 Å². The summed E-state index contributed by atoms with van der Waals surface area (Å²) in [6.45, 7) is 2.04. The van der Waals surface area contributed by atoms with Gasteiger partial charge in [0, 0.05) is 23.7 Å². The summed E-state index contributed by atoms with van der Waals surface area (Å²) in [5.74, 6) is 0. The number of rotatable bonds is 1. The van der Waals surface area contributed by atoms with E-state index >= 15 is 0 Å². The highest BCUT2D eigenvalue weighted by Gasteiger charge is 2.21. The smallest absolute Gasteiger partial charge is 0.107 e. The van der Waals surface area contributed by atoms with Crippen molar-refractivity contribution in [3.63, 3.8) is 0 Å². The van der Waals surface area contributed by atoms with Crippen molar-refractivity contribution >= 4 is 23.8 Å². The first-order chi connectivity index (χ1) is 9.19. The predicted octanol–water partition coefficient (Wildman–Crippen LogP) is 3.26. The average Bonchev–Trinajstić information content (AvgIpc) is 2.57. The van der Waals surface area contributed by atoms with E-state index in [0.29, 0.717) is 5.02 Å². The first kappa shape index (κ1) is 12.3. The zero-order valence-corrected chi connectivity index (χ0v) is 11.2. The lowest BCUT2D eigenvalue weighted by molar-refractivity contribution is 0.219. The molecule has 2 aromatic rings. The van der Waals surface area contributed by atoms with Crippen LogP contribution in [-0.2, 0) is 6.42 Å². The molecule has 0 radical (unpaired) electrons. The molecule has 0 saturated carbocycles. The van der Waals surface area contributed by atoms with Crippen molar-refractivity contribution in [2.75, 3.05) is 0 Å². The first-order valence-corrected chi connectivity index (χ1v) is 6.57. The number of aliphatic hydroxyl groups excluding tert-OH is 1. The summed E-state index contributed by atoms with van der Waals surface area (Å²) in [7, 11) is 0. The topological polar surface area (TPSA) is 46.0 Å². The van der Waals surface area contributed by atoms with E-state index in [1.165, 1.54) is 0 Å². The molecule has 0 amide bonds. The number of aryl methyl sites for hydroxylation is 1. The summed E-state index contributed by atoms with van der Waals surface area (Å²) < 4.78 is 0. The Morgan fingerprint density at radius 2 is 2.00 bits per heavy atom. The van der Waals surface area contributed by atoms with E-state index in [1.54, 1.807) is 18.5 Å². The molecule has 1 atom stereocenters. The zero-order chi connectivity index (χ0) is 13.4. The SMILES string of the molecule is CCc1cc2c(cn1)C=Cc1ncc(Cl)cc1C2O. The van der Waals surface area contributed by atoms with E-state index in [1.807, 2.05) is 25.1 Å². The molecule has 1 aliphatic carbocycles. The number of hydrogen-bond donors (Lipinski definition) is 1. The van der Waals surface area contributed by atoms with Crippen LogP contribution in [0.2, 0.25) is 5.02 Å². The lowest BCUT2D eigenvalue weighted by Gasteiger charge is -2.14. The minimum Gasteiger partial charge on any atom is -0.384 e. The van der Waals surface area contributed by atoms with Crippen LogP contribution in [-0.4, -0.2) is 15.1 Å². The lowest BCUT2D eigenvalue weighted by Crippen LogP contribution is -2.05. The van der Waals surface area contributed by atoms with Crippen molar-refractivity contribution in [2.45, 2.75) is 19.4 Å². The highest BCUT2D eigenvalue weighted by atomic mass is 35.5. The molecule has 1 unspecified atom stereocenters. The molecule has 0 aromatic carbocycles. The Morgan fingerprint density at radius 1 is 1.16 bits per heavy atom. The number of hydrogen-bond acceptors (Lipinski definition) is 3. The van der Waals surface area contributed by atoms with Crippen LogP contribution in [0, 0.1) is 0 Å². The van der Waals surface area contributed by atoms with E-state index in [9.17, 15) is 5.11 Å². The molecular weight excluding hydrogens is 260 g/mol. The average molecular weight is 273 g/mol. The van der Waals surface area contributed by atoms with Crippen molar-refractivity contribution in [1.29, 1.82) is 0 Å². The number of nitrogens with zero attached hydrogens (tertiary/aromatic N) is 2. The number of aromatic nitrogens is 2. The summed E-state index contributed by atoms with van der Waals surface area (Å²) in [5.41, 5.74) is 4.20. The second-order valence-electron chi connectivity index (χ2n) is 4.52. The van der Waals surface area contributed by atoms with Gasteiger partial charge in [0.1, 0.15) is 6.10 Å². The molecule has 0 bridgehead atoms. The van der Waals surface area contributed by atoms with Gasteiger partial charge in [-0.25, -0.2) is 0 Å². The van der Waals surface area contributed by atoms with Crippen LogP contribution in [0.1, 0.15) is 41.1 Å². The Hall–Kier alpha value is -1.71. The molecule has 96 valence electrons. The van der Waals surface area contributed by atoms with Crippen molar-refractivity contribution in [3.05, 3.63) is 57.6 Å². The summed E-state index contributed by atoms with van der Waals surface area (Å²) >= 11 is 5.97. The molecule has 0 fully saturated rings. The lowest BCUT2D eigenvalue weighted by atomic mass is 9.99. The first-order valence-electron chi connectivity index (χ1n) is 6.19. The van der Waals surface area contributed by atoms with Crippen molar-refractivity contribution in [3.8, 4) is 0 Å². The molecule has 2 heterocycles. The van der Waals surface area contributed by atoms with Gasteiger partial charge in [0.25, 0.3) is 0 Å². The summed E-state index contributed by atoms with van der Waals surface area (Å²) in [6, 6.07) is 3.71. The maximum atomic E-state index is 10.6. The molecule has 1 N–H and O–H groups in total. The highest BCUT2D eigenvalue weighted by molar-refractivity contribution is 6.30. The zero-order valence-electron chi connectivity index (χ0n) is 10.5. The molecule has 2 aromatic heterocycles. The van der Waals surface area contributed by atoms with Gasteiger partial charge in [-0.2, -0.15) is 0 Å². The Kier molecular flexibility index (Phi) is 3.09.